The van der Waals surface area contributed by atoms with E-state index in [0.717, 1.165) is 44.9 Å². The maximum Gasteiger partial charge on any atom is 0.472 e. The molecule has 0 bridgehead atoms. The SMILES string of the molecule is CCCCC/C=C\C=C/CCCCCCCCCCC(O)CC(=O)NC(COP(=O)(O)OCCN)C(O)/C=C/CCCCCCCCCCCCC. The zero-order valence-corrected chi connectivity index (χ0v) is 34.3. The highest BCUT2D eigenvalue weighted by Crippen LogP contribution is 2.43. The second-order valence-electron chi connectivity index (χ2n) is 14.4. The highest BCUT2D eigenvalue weighted by molar-refractivity contribution is 7.47. The molecule has 0 saturated carbocycles. The fourth-order valence-electron chi connectivity index (χ4n) is 6.05. The van der Waals surface area contributed by atoms with Crippen LogP contribution in [0.15, 0.2) is 36.5 Å². The summed E-state index contributed by atoms with van der Waals surface area (Å²) >= 11 is 0. The lowest BCUT2D eigenvalue weighted by atomic mass is 10.0. The highest BCUT2D eigenvalue weighted by atomic mass is 31.2. The van der Waals surface area contributed by atoms with E-state index in [2.05, 4.69) is 43.5 Å². The third-order valence-corrected chi connectivity index (χ3v) is 10.3. The first kappa shape index (κ1) is 50.7. The average molecular weight is 757 g/mol. The predicted octanol–water partition coefficient (Wildman–Crippen LogP) is 10.5. The van der Waals surface area contributed by atoms with E-state index >= 15 is 0 Å². The van der Waals surface area contributed by atoms with Gasteiger partial charge in [-0.05, 0) is 44.9 Å². The Bertz CT molecular complexity index is 930. The molecule has 0 aliphatic heterocycles. The topological polar surface area (TPSA) is 151 Å². The van der Waals surface area contributed by atoms with Crippen LogP contribution in [0.1, 0.15) is 187 Å². The summed E-state index contributed by atoms with van der Waals surface area (Å²) in [5.41, 5.74) is 5.35. The Hall–Kier alpha value is -1.32. The van der Waals surface area contributed by atoms with Crippen LogP contribution in [0.2, 0.25) is 0 Å². The van der Waals surface area contributed by atoms with Crippen LogP contribution in [0.25, 0.3) is 0 Å². The molecule has 306 valence electrons. The lowest BCUT2D eigenvalue weighted by Crippen LogP contribution is -2.46. The van der Waals surface area contributed by atoms with E-state index in [4.69, 9.17) is 14.8 Å². The summed E-state index contributed by atoms with van der Waals surface area (Å²) in [4.78, 5) is 22.7. The van der Waals surface area contributed by atoms with Crippen molar-refractivity contribution < 1.29 is 33.5 Å². The molecular weight excluding hydrogens is 675 g/mol. The van der Waals surface area contributed by atoms with E-state index < -0.39 is 38.6 Å². The first-order chi connectivity index (χ1) is 25.3. The number of amides is 1. The van der Waals surface area contributed by atoms with Gasteiger partial charge in [0.1, 0.15) is 0 Å². The van der Waals surface area contributed by atoms with E-state index in [0.29, 0.717) is 6.42 Å². The average Bonchev–Trinajstić information content (AvgIpc) is 3.12. The van der Waals surface area contributed by atoms with Gasteiger partial charge in [-0.3, -0.25) is 13.8 Å². The number of unbranched alkanes of at least 4 members (excludes halogenated alkanes) is 22. The van der Waals surface area contributed by atoms with Gasteiger partial charge in [0.15, 0.2) is 0 Å². The number of carbonyl (C=O) groups is 1. The molecule has 0 spiro atoms. The molecule has 6 N–H and O–H groups in total. The molecule has 4 unspecified atom stereocenters. The first-order valence-electron chi connectivity index (χ1n) is 21.2. The number of aliphatic hydroxyl groups is 2. The van der Waals surface area contributed by atoms with Crippen LogP contribution in [0.3, 0.4) is 0 Å². The number of phosphoric acid groups is 1. The Morgan fingerprint density at radius 3 is 1.63 bits per heavy atom. The number of allylic oxidation sites excluding steroid dienone is 5. The Kier molecular flexibility index (Phi) is 37.0. The van der Waals surface area contributed by atoms with E-state index in [-0.39, 0.29) is 19.6 Å². The molecule has 1 amide bonds. The van der Waals surface area contributed by atoms with Crippen molar-refractivity contribution in [1.29, 1.82) is 0 Å². The normalized spacial score (nSPS) is 15.1. The summed E-state index contributed by atoms with van der Waals surface area (Å²) in [5.74, 6) is -0.451. The minimum atomic E-state index is -4.40. The maximum absolute atomic E-state index is 12.8. The molecule has 0 heterocycles. The predicted molar refractivity (Wildman–Crippen MR) is 218 cm³/mol. The summed E-state index contributed by atoms with van der Waals surface area (Å²) in [6, 6.07) is -0.983. The number of aliphatic hydroxyl groups excluding tert-OH is 2. The summed E-state index contributed by atoms with van der Waals surface area (Å²) in [6.07, 6.45) is 40.8. The molecule has 52 heavy (non-hydrogen) atoms. The molecule has 0 saturated heterocycles. The third kappa shape index (κ3) is 35.7. The van der Waals surface area contributed by atoms with Crippen molar-refractivity contribution in [2.24, 2.45) is 5.73 Å². The quantitative estimate of drug-likeness (QED) is 0.0180. The van der Waals surface area contributed by atoms with E-state index in [1.165, 1.54) is 116 Å². The number of hydrogen-bond donors (Lipinski definition) is 5. The molecule has 0 rings (SSSR count). The van der Waals surface area contributed by atoms with Gasteiger partial charge in [-0.2, -0.15) is 0 Å². The van der Waals surface area contributed by atoms with Crippen molar-refractivity contribution in [1.82, 2.24) is 5.32 Å². The number of nitrogens with two attached hydrogens (primary N) is 1. The molecule has 10 heteroatoms. The van der Waals surface area contributed by atoms with Gasteiger partial charge in [-0.15, -0.1) is 0 Å². The summed E-state index contributed by atoms with van der Waals surface area (Å²) in [7, 11) is -4.40. The Morgan fingerprint density at radius 1 is 0.673 bits per heavy atom. The van der Waals surface area contributed by atoms with Crippen molar-refractivity contribution in [3.8, 4) is 0 Å². The fraction of sp³-hybridized carbons (Fsp3) is 0.833. The van der Waals surface area contributed by atoms with Crippen LogP contribution in [-0.2, 0) is 18.4 Å². The van der Waals surface area contributed by atoms with E-state index in [1.807, 2.05) is 6.08 Å². The van der Waals surface area contributed by atoms with Crippen LogP contribution in [0.5, 0.6) is 0 Å². The summed E-state index contributed by atoms with van der Waals surface area (Å²) in [6.45, 7) is 3.93. The molecule has 4 atom stereocenters. The van der Waals surface area contributed by atoms with Crippen LogP contribution in [0.4, 0.5) is 0 Å². The van der Waals surface area contributed by atoms with Gasteiger partial charge in [0.05, 0.1) is 37.9 Å². The lowest BCUT2D eigenvalue weighted by Gasteiger charge is -2.24. The third-order valence-electron chi connectivity index (χ3n) is 9.29. The van der Waals surface area contributed by atoms with Gasteiger partial charge in [-0.25, -0.2) is 4.57 Å². The Balaban J connectivity index is 4.34. The van der Waals surface area contributed by atoms with Crippen LogP contribution < -0.4 is 11.1 Å². The molecule has 0 aromatic carbocycles. The molecule has 9 nitrogen and oxygen atoms in total. The fourth-order valence-corrected chi connectivity index (χ4v) is 6.81. The Morgan fingerprint density at radius 2 is 1.12 bits per heavy atom. The number of carbonyl (C=O) groups excluding carboxylic acids is 1. The van der Waals surface area contributed by atoms with Crippen molar-refractivity contribution in [3.63, 3.8) is 0 Å². The molecule has 0 fully saturated rings. The van der Waals surface area contributed by atoms with Crippen LogP contribution in [0, 0.1) is 0 Å². The van der Waals surface area contributed by atoms with Gasteiger partial charge in [0.25, 0.3) is 0 Å². The number of hydrogen-bond acceptors (Lipinski definition) is 7. The largest absolute Gasteiger partial charge is 0.472 e. The van der Waals surface area contributed by atoms with Gasteiger partial charge < -0.3 is 26.2 Å². The van der Waals surface area contributed by atoms with Gasteiger partial charge >= 0.3 is 7.82 Å². The lowest BCUT2D eigenvalue weighted by molar-refractivity contribution is -0.124. The summed E-state index contributed by atoms with van der Waals surface area (Å²) in [5, 5.41) is 24.0. The smallest absolute Gasteiger partial charge is 0.393 e. The van der Waals surface area contributed by atoms with Crippen molar-refractivity contribution in [3.05, 3.63) is 36.5 Å². The number of phosphoric ester groups is 1. The second kappa shape index (κ2) is 38.0. The number of rotatable bonds is 39. The van der Waals surface area contributed by atoms with Gasteiger partial charge in [0.2, 0.25) is 5.91 Å². The summed E-state index contributed by atoms with van der Waals surface area (Å²) < 4.78 is 22.0. The highest BCUT2D eigenvalue weighted by Gasteiger charge is 2.27. The molecule has 0 aliphatic rings. The monoisotopic (exact) mass is 757 g/mol. The van der Waals surface area contributed by atoms with Crippen molar-refractivity contribution in [2.45, 2.75) is 205 Å². The molecule has 0 radical (unpaired) electrons. The van der Waals surface area contributed by atoms with E-state index in [1.54, 1.807) is 6.08 Å². The molecule has 0 aromatic rings. The van der Waals surface area contributed by atoms with Gasteiger partial charge in [-0.1, -0.05) is 172 Å². The van der Waals surface area contributed by atoms with Crippen LogP contribution in [-0.4, -0.2) is 59.0 Å². The maximum atomic E-state index is 12.8. The first-order valence-corrected chi connectivity index (χ1v) is 22.7. The second-order valence-corrected chi connectivity index (χ2v) is 15.9. The standard InChI is InChI=1S/C42H81N2O7P/c1-3-5-7-9-11-13-15-17-18-19-20-22-23-25-27-29-31-33-39(45)37-42(47)44-40(38-51-52(48,49)50-36-35-43)41(46)34-32-30-28-26-24-21-16-14-12-10-8-6-4-2/h11,13,15,17,32,34,39-41,45-46H,3-10,12,14,16,18-31,33,35-38,43H2,1-2H3,(H,44,47)(H,48,49)/b13-11-,17-15-,34-32+. The van der Waals surface area contributed by atoms with Crippen LogP contribution >= 0.6 is 7.82 Å². The molecular formula is C42H81N2O7P. The Labute approximate surface area is 319 Å². The minimum absolute atomic E-state index is 0.0478. The number of nitrogens with one attached hydrogen (secondary N) is 1. The van der Waals surface area contributed by atoms with Crippen molar-refractivity contribution in [2.75, 3.05) is 19.8 Å². The van der Waals surface area contributed by atoms with E-state index in [9.17, 15) is 24.5 Å². The minimum Gasteiger partial charge on any atom is -0.393 e. The van der Waals surface area contributed by atoms with Crippen molar-refractivity contribution >= 4 is 13.7 Å². The zero-order valence-electron chi connectivity index (χ0n) is 33.4. The molecule has 0 aliphatic carbocycles. The molecule has 0 aromatic heterocycles. The van der Waals surface area contributed by atoms with Gasteiger partial charge in [0, 0.05) is 6.54 Å². The zero-order chi connectivity index (χ0) is 38.4.